The number of thioether (sulfide) groups is 1. The van der Waals surface area contributed by atoms with Gasteiger partial charge in [0.15, 0.2) is 11.0 Å². The van der Waals surface area contributed by atoms with E-state index in [0.717, 1.165) is 28.9 Å². The molecule has 0 unspecified atom stereocenters. The second-order valence-corrected chi connectivity index (χ2v) is 4.91. The van der Waals surface area contributed by atoms with E-state index in [9.17, 15) is 0 Å². The lowest BCUT2D eigenvalue weighted by molar-refractivity contribution is 0.739. The fourth-order valence-corrected chi connectivity index (χ4v) is 2.52. The highest BCUT2D eigenvalue weighted by Crippen LogP contribution is 2.19. The summed E-state index contributed by atoms with van der Waals surface area (Å²) in [5.74, 6) is 2.45. The molecule has 1 aromatic rings. The molecule has 0 amide bonds. The summed E-state index contributed by atoms with van der Waals surface area (Å²) in [6.07, 6.45) is 6.66. The van der Waals surface area contributed by atoms with Gasteiger partial charge in [0.25, 0.3) is 0 Å². The van der Waals surface area contributed by atoms with E-state index in [1.165, 1.54) is 0 Å². The maximum absolute atomic E-state index is 5.64. The van der Waals surface area contributed by atoms with Crippen LogP contribution in [0.15, 0.2) is 23.5 Å². The quantitative estimate of drug-likeness (QED) is 0.483. The van der Waals surface area contributed by atoms with Gasteiger partial charge in [-0.3, -0.25) is 5.43 Å². The van der Waals surface area contributed by atoms with Gasteiger partial charge in [-0.25, -0.2) is 0 Å². The number of rotatable bonds is 5. The average Bonchev–Trinajstić information content (AvgIpc) is 2.73. The normalized spacial score (nSPS) is 14.1. The van der Waals surface area contributed by atoms with Crippen LogP contribution in [0.5, 0.6) is 0 Å². The minimum Gasteiger partial charge on any atom is -0.308 e. The van der Waals surface area contributed by atoms with Gasteiger partial charge in [-0.05, 0) is 18.6 Å². The van der Waals surface area contributed by atoms with Crippen molar-refractivity contribution in [2.45, 2.75) is 11.6 Å². The molecule has 0 atom stereocenters. The summed E-state index contributed by atoms with van der Waals surface area (Å²) in [6.45, 7) is 0. The fraction of sp³-hybridized carbons (Fsp3) is 0.400. The molecule has 92 valence electrons. The van der Waals surface area contributed by atoms with Crippen LogP contribution in [0.2, 0.25) is 0 Å². The first-order valence-electron chi connectivity index (χ1n) is 5.30. The van der Waals surface area contributed by atoms with Crippen molar-refractivity contribution >= 4 is 29.1 Å². The van der Waals surface area contributed by atoms with Crippen molar-refractivity contribution in [2.24, 2.45) is 7.05 Å². The van der Waals surface area contributed by atoms with Crippen molar-refractivity contribution in [2.75, 3.05) is 11.6 Å². The summed E-state index contributed by atoms with van der Waals surface area (Å²) in [4.78, 5) is 0. The summed E-state index contributed by atoms with van der Waals surface area (Å²) in [6, 6.07) is 0. The predicted octanol–water partition coefficient (Wildman–Crippen LogP) is 1.50. The van der Waals surface area contributed by atoms with Crippen LogP contribution in [0.4, 0.5) is 0 Å². The van der Waals surface area contributed by atoms with Crippen molar-refractivity contribution in [3.8, 4) is 0 Å². The Balaban J connectivity index is 2.09. The van der Waals surface area contributed by atoms with Crippen LogP contribution in [-0.2, 0) is 7.05 Å². The first kappa shape index (κ1) is 12.3. The minimum atomic E-state index is 0.680. The fourth-order valence-electron chi connectivity index (χ4n) is 1.38. The molecule has 1 aromatic heterocycles. The first-order valence-corrected chi connectivity index (χ1v) is 6.82. The molecule has 2 rings (SSSR count). The molecular weight excluding hydrogens is 258 g/mol. The van der Waals surface area contributed by atoms with Gasteiger partial charge >= 0.3 is 0 Å². The molecule has 0 aromatic carbocycles. The van der Waals surface area contributed by atoms with Crippen molar-refractivity contribution in [3.05, 3.63) is 24.2 Å². The highest BCUT2D eigenvalue weighted by molar-refractivity contribution is 7.99. The van der Waals surface area contributed by atoms with Crippen LogP contribution in [0.1, 0.15) is 12.2 Å². The topological polar surface area (TPSA) is 54.8 Å². The molecule has 0 bridgehead atoms. The molecule has 0 aliphatic carbocycles. The Hall–Kier alpha value is -1.14. The Bertz CT molecular complexity index is 440. The summed E-state index contributed by atoms with van der Waals surface area (Å²) >= 11 is 7.31. The van der Waals surface area contributed by atoms with Gasteiger partial charge in [-0.1, -0.05) is 11.8 Å². The Morgan fingerprint density at radius 3 is 3.06 bits per heavy atom. The van der Waals surface area contributed by atoms with Gasteiger partial charge in [0.1, 0.15) is 0 Å². The SMILES string of the molecule is Cn1c(SCCCCl)nnc1C1=CC=CNN1. The van der Waals surface area contributed by atoms with Crippen LogP contribution in [0.3, 0.4) is 0 Å². The van der Waals surface area contributed by atoms with Crippen LogP contribution in [-0.4, -0.2) is 26.4 Å². The summed E-state index contributed by atoms with van der Waals surface area (Å²) in [5, 5.41) is 9.24. The molecule has 0 radical (unpaired) electrons. The number of alkyl halides is 1. The second-order valence-electron chi connectivity index (χ2n) is 3.46. The Morgan fingerprint density at radius 2 is 2.35 bits per heavy atom. The molecule has 5 nitrogen and oxygen atoms in total. The number of nitrogens with one attached hydrogen (secondary N) is 2. The van der Waals surface area contributed by atoms with Gasteiger partial charge in [0.05, 0.1) is 5.70 Å². The molecular formula is C10H14ClN5S. The number of allylic oxidation sites excluding steroid dienone is 2. The van der Waals surface area contributed by atoms with Crippen molar-refractivity contribution in [3.63, 3.8) is 0 Å². The number of aromatic nitrogens is 3. The van der Waals surface area contributed by atoms with Gasteiger partial charge in [0.2, 0.25) is 0 Å². The lowest BCUT2D eigenvalue weighted by Crippen LogP contribution is -2.28. The number of nitrogens with zero attached hydrogens (tertiary/aromatic N) is 3. The summed E-state index contributed by atoms with van der Waals surface area (Å²) < 4.78 is 1.97. The van der Waals surface area contributed by atoms with E-state index in [1.54, 1.807) is 11.8 Å². The second kappa shape index (κ2) is 5.97. The van der Waals surface area contributed by atoms with Gasteiger partial charge in [0, 0.05) is 24.9 Å². The maximum Gasteiger partial charge on any atom is 0.191 e. The Morgan fingerprint density at radius 1 is 1.47 bits per heavy atom. The van der Waals surface area contributed by atoms with Crippen LogP contribution in [0, 0.1) is 0 Å². The third kappa shape index (κ3) is 2.95. The van der Waals surface area contributed by atoms with Crippen LogP contribution in [0.25, 0.3) is 5.70 Å². The van der Waals surface area contributed by atoms with E-state index in [0.29, 0.717) is 5.88 Å². The smallest absolute Gasteiger partial charge is 0.191 e. The van der Waals surface area contributed by atoms with Gasteiger partial charge < -0.3 is 9.99 Å². The zero-order valence-corrected chi connectivity index (χ0v) is 11.1. The van der Waals surface area contributed by atoms with Crippen molar-refractivity contribution in [1.29, 1.82) is 0 Å². The molecule has 17 heavy (non-hydrogen) atoms. The zero-order valence-electron chi connectivity index (χ0n) is 9.48. The van der Waals surface area contributed by atoms with E-state index < -0.39 is 0 Å². The molecule has 0 fully saturated rings. The third-order valence-electron chi connectivity index (χ3n) is 2.23. The maximum atomic E-state index is 5.64. The summed E-state index contributed by atoms with van der Waals surface area (Å²) in [7, 11) is 1.96. The molecule has 7 heteroatoms. The van der Waals surface area contributed by atoms with E-state index in [4.69, 9.17) is 11.6 Å². The monoisotopic (exact) mass is 271 g/mol. The van der Waals surface area contributed by atoms with Gasteiger partial charge in [-0.15, -0.1) is 21.8 Å². The largest absolute Gasteiger partial charge is 0.308 e. The lowest BCUT2D eigenvalue weighted by atomic mass is 10.3. The highest BCUT2D eigenvalue weighted by Gasteiger charge is 2.13. The van der Waals surface area contributed by atoms with Crippen molar-refractivity contribution < 1.29 is 0 Å². The predicted molar refractivity (Wildman–Crippen MR) is 70.5 cm³/mol. The zero-order chi connectivity index (χ0) is 12.1. The van der Waals surface area contributed by atoms with E-state index in [-0.39, 0.29) is 0 Å². The molecule has 1 aliphatic rings. The lowest BCUT2D eigenvalue weighted by Gasteiger charge is -2.12. The number of hydrogen-bond acceptors (Lipinski definition) is 5. The third-order valence-corrected chi connectivity index (χ3v) is 3.61. The van der Waals surface area contributed by atoms with E-state index in [2.05, 4.69) is 21.0 Å². The van der Waals surface area contributed by atoms with Crippen molar-refractivity contribution in [1.82, 2.24) is 25.6 Å². The standard InChI is InChI=1S/C10H14ClN5S/c1-16-9(8-4-2-6-12-13-8)14-15-10(16)17-7-3-5-11/h2,4,6,12-13H,3,5,7H2,1H3. The molecule has 1 aliphatic heterocycles. The molecule has 2 heterocycles. The Kier molecular flexibility index (Phi) is 4.33. The van der Waals surface area contributed by atoms with E-state index in [1.807, 2.05) is 30.0 Å². The molecule has 2 N–H and O–H groups in total. The minimum absolute atomic E-state index is 0.680. The molecule has 0 spiro atoms. The van der Waals surface area contributed by atoms with Gasteiger partial charge in [-0.2, -0.15) is 0 Å². The van der Waals surface area contributed by atoms with Crippen LogP contribution < -0.4 is 10.9 Å². The number of hydrazine groups is 1. The number of halogens is 1. The Labute approximate surface area is 109 Å². The average molecular weight is 272 g/mol. The highest BCUT2D eigenvalue weighted by atomic mass is 35.5. The summed E-state index contributed by atoms with van der Waals surface area (Å²) in [5.41, 5.74) is 6.85. The molecule has 0 saturated carbocycles. The van der Waals surface area contributed by atoms with E-state index >= 15 is 0 Å². The molecule has 0 saturated heterocycles. The number of hydrogen-bond donors (Lipinski definition) is 2. The van der Waals surface area contributed by atoms with Crippen LogP contribution >= 0.6 is 23.4 Å². The first-order chi connectivity index (χ1) is 8.33.